The average Bonchev–Trinajstić information content (AvgIpc) is 2.08. The fraction of sp³-hybridized carbons (Fsp3) is 0.250. The number of nitrogens with two attached hydrogens (primary N) is 1. The van der Waals surface area contributed by atoms with Crippen LogP contribution < -0.4 is 11.1 Å². The maximum Gasteiger partial charge on any atom is 0.241 e. The fourth-order valence-corrected chi connectivity index (χ4v) is 1.07. The molecular formula is C8H10BrN3O. The van der Waals surface area contributed by atoms with E-state index in [-0.39, 0.29) is 5.91 Å². The van der Waals surface area contributed by atoms with Crippen LogP contribution in [-0.4, -0.2) is 16.9 Å². The number of nitrogens with one attached hydrogen (secondary N) is 1. The number of hydrogen-bond acceptors (Lipinski definition) is 3. The van der Waals surface area contributed by atoms with Crippen LogP contribution in [-0.2, 0) is 4.79 Å². The predicted octanol–water partition coefficient (Wildman–Crippen LogP) is 1.13. The molecule has 1 aromatic heterocycles. The van der Waals surface area contributed by atoms with Crippen molar-refractivity contribution >= 4 is 27.5 Å². The third-order valence-electron chi connectivity index (χ3n) is 1.44. The Morgan fingerprint density at radius 3 is 3.00 bits per heavy atom. The van der Waals surface area contributed by atoms with Crippen LogP contribution in [0.4, 0.5) is 5.69 Å². The highest BCUT2D eigenvalue weighted by molar-refractivity contribution is 9.10. The third-order valence-corrected chi connectivity index (χ3v) is 2.08. The Morgan fingerprint density at radius 2 is 2.46 bits per heavy atom. The average molecular weight is 244 g/mol. The lowest BCUT2D eigenvalue weighted by Gasteiger charge is -2.08. The van der Waals surface area contributed by atoms with Crippen LogP contribution in [0.3, 0.4) is 0 Å². The summed E-state index contributed by atoms with van der Waals surface area (Å²) in [6.45, 7) is 1.63. The summed E-state index contributed by atoms with van der Waals surface area (Å²) in [7, 11) is 0. The number of aromatic nitrogens is 1. The standard InChI is InChI=1S/C8H10BrN3O/c1-5(10)8(13)12-7-2-3-11-4-6(7)9/h2-5H,10H2,1H3,(H,11,12,13). The molecule has 13 heavy (non-hydrogen) atoms. The van der Waals surface area contributed by atoms with Crippen molar-refractivity contribution in [2.24, 2.45) is 5.73 Å². The molecule has 0 radical (unpaired) electrons. The quantitative estimate of drug-likeness (QED) is 0.819. The predicted molar refractivity (Wildman–Crippen MR) is 54.2 cm³/mol. The molecule has 1 aromatic rings. The van der Waals surface area contributed by atoms with Crippen molar-refractivity contribution in [1.82, 2.24) is 4.98 Å². The topological polar surface area (TPSA) is 68.0 Å². The van der Waals surface area contributed by atoms with E-state index in [0.717, 1.165) is 4.47 Å². The molecule has 70 valence electrons. The summed E-state index contributed by atoms with van der Waals surface area (Å²) < 4.78 is 0.740. The second-order valence-electron chi connectivity index (χ2n) is 2.63. The van der Waals surface area contributed by atoms with Crippen molar-refractivity contribution in [2.45, 2.75) is 13.0 Å². The Bertz CT molecular complexity index is 314. The molecule has 4 nitrogen and oxygen atoms in total. The van der Waals surface area contributed by atoms with Gasteiger partial charge in [-0.25, -0.2) is 0 Å². The van der Waals surface area contributed by atoms with Crippen LogP contribution in [0.2, 0.25) is 0 Å². The number of carbonyl (C=O) groups is 1. The van der Waals surface area contributed by atoms with E-state index in [1.165, 1.54) is 0 Å². The minimum absolute atomic E-state index is 0.216. The van der Waals surface area contributed by atoms with Gasteiger partial charge in [-0.15, -0.1) is 0 Å². The molecule has 0 spiro atoms. The molecule has 0 aliphatic carbocycles. The van der Waals surface area contributed by atoms with Crippen molar-refractivity contribution in [3.8, 4) is 0 Å². The number of anilines is 1. The lowest BCUT2D eigenvalue weighted by molar-refractivity contribution is -0.117. The Morgan fingerprint density at radius 1 is 1.77 bits per heavy atom. The van der Waals surface area contributed by atoms with E-state index in [0.29, 0.717) is 5.69 Å². The van der Waals surface area contributed by atoms with Gasteiger partial charge < -0.3 is 11.1 Å². The fourth-order valence-electron chi connectivity index (χ4n) is 0.723. The Balaban J connectivity index is 2.75. The monoisotopic (exact) mass is 243 g/mol. The molecule has 0 bridgehead atoms. The van der Waals surface area contributed by atoms with E-state index >= 15 is 0 Å². The van der Waals surface area contributed by atoms with Gasteiger partial charge in [0.15, 0.2) is 0 Å². The molecule has 1 atom stereocenters. The normalized spacial score (nSPS) is 12.2. The summed E-state index contributed by atoms with van der Waals surface area (Å²) >= 11 is 3.26. The van der Waals surface area contributed by atoms with Gasteiger partial charge in [0, 0.05) is 12.4 Å². The molecule has 0 aliphatic rings. The first-order valence-corrected chi connectivity index (χ1v) is 4.56. The number of hydrogen-bond donors (Lipinski definition) is 2. The Kier molecular flexibility index (Phi) is 3.39. The number of halogens is 1. The summed E-state index contributed by atoms with van der Waals surface area (Å²) in [5, 5.41) is 2.66. The van der Waals surface area contributed by atoms with Crippen LogP contribution in [0.1, 0.15) is 6.92 Å². The van der Waals surface area contributed by atoms with Gasteiger partial charge in [0.2, 0.25) is 5.91 Å². The van der Waals surface area contributed by atoms with Gasteiger partial charge in [-0.1, -0.05) is 0 Å². The van der Waals surface area contributed by atoms with Crippen molar-refractivity contribution in [2.75, 3.05) is 5.32 Å². The highest BCUT2D eigenvalue weighted by Crippen LogP contribution is 2.19. The van der Waals surface area contributed by atoms with E-state index in [1.54, 1.807) is 25.4 Å². The zero-order chi connectivity index (χ0) is 9.84. The molecule has 1 unspecified atom stereocenters. The number of amides is 1. The zero-order valence-electron chi connectivity index (χ0n) is 7.12. The lowest BCUT2D eigenvalue weighted by Crippen LogP contribution is -2.32. The van der Waals surface area contributed by atoms with Gasteiger partial charge in [0.25, 0.3) is 0 Å². The maximum absolute atomic E-state index is 11.2. The summed E-state index contributed by atoms with van der Waals surface area (Å²) in [5.41, 5.74) is 6.07. The van der Waals surface area contributed by atoms with Crippen LogP contribution in [0.5, 0.6) is 0 Å². The summed E-state index contributed by atoms with van der Waals surface area (Å²) in [6.07, 6.45) is 3.21. The zero-order valence-corrected chi connectivity index (χ0v) is 8.71. The van der Waals surface area contributed by atoms with Crippen molar-refractivity contribution in [3.63, 3.8) is 0 Å². The second kappa shape index (κ2) is 4.34. The highest BCUT2D eigenvalue weighted by atomic mass is 79.9. The molecule has 1 heterocycles. The van der Waals surface area contributed by atoms with Crippen molar-refractivity contribution in [1.29, 1.82) is 0 Å². The molecule has 0 saturated carbocycles. The summed E-state index contributed by atoms with van der Waals surface area (Å²) in [4.78, 5) is 15.1. The third kappa shape index (κ3) is 2.78. The van der Waals surface area contributed by atoms with Gasteiger partial charge in [-0.05, 0) is 28.9 Å². The number of rotatable bonds is 2. The van der Waals surface area contributed by atoms with E-state index in [4.69, 9.17) is 5.73 Å². The van der Waals surface area contributed by atoms with Crippen molar-refractivity contribution in [3.05, 3.63) is 22.9 Å². The van der Waals surface area contributed by atoms with Gasteiger partial charge >= 0.3 is 0 Å². The highest BCUT2D eigenvalue weighted by Gasteiger charge is 2.08. The number of pyridine rings is 1. The van der Waals surface area contributed by atoms with Crippen LogP contribution in [0.15, 0.2) is 22.9 Å². The van der Waals surface area contributed by atoms with Crippen LogP contribution in [0, 0.1) is 0 Å². The van der Waals surface area contributed by atoms with Gasteiger partial charge in [0.1, 0.15) is 0 Å². The molecular weight excluding hydrogens is 234 g/mol. The van der Waals surface area contributed by atoms with Crippen LogP contribution >= 0.6 is 15.9 Å². The van der Waals surface area contributed by atoms with Gasteiger partial charge in [-0.2, -0.15) is 0 Å². The molecule has 3 N–H and O–H groups in total. The lowest BCUT2D eigenvalue weighted by atomic mass is 10.3. The second-order valence-corrected chi connectivity index (χ2v) is 3.49. The minimum Gasteiger partial charge on any atom is -0.324 e. The largest absolute Gasteiger partial charge is 0.324 e. The molecule has 0 saturated heterocycles. The van der Waals surface area contributed by atoms with Crippen LogP contribution in [0.25, 0.3) is 0 Å². The molecule has 1 rings (SSSR count). The summed E-state index contributed by atoms with van der Waals surface area (Å²) in [6, 6.07) is 1.18. The molecule has 0 aliphatic heterocycles. The summed E-state index contributed by atoms with van der Waals surface area (Å²) in [5.74, 6) is -0.216. The minimum atomic E-state index is -0.514. The van der Waals surface area contributed by atoms with E-state index in [2.05, 4.69) is 26.2 Å². The SMILES string of the molecule is CC(N)C(=O)Nc1ccncc1Br. The Labute approximate surface area is 84.7 Å². The molecule has 1 amide bonds. The molecule has 0 fully saturated rings. The smallest absolute Gasteiger partial charge is 0.241 e. The molecule has 5 heteroatoms. The van der Waals surface area contributed by atoms with E-state index < -0.39 is 6.04 Å². The number of nitrogens with zero attached hydrogens (tertiary/aromatic N) is 1. The molecule has 0 aromatic carbocycles. The Hall–Kier alpha value is -0.940. The van der Waals surface area contributed by atoms with E-state index in [1.807, 2.05) is 0 Å². The first-order chi connectivity index (χ1) is 6.11. The first kappa shape index (κ1) is 10.1. The van der Waals surface area contributed by atoms with Gasteiger partial charge in [0.05, 0.1) is 16.2 Å². The number of carbonyl (C=O) groups excluding carboxylic acids is 1. The van der Waals surface area contributed by atoms with Crippen molar-refractivity contribution < 1.29 is 4.79 Å². The van der Waals surface area contributed by atoms with Gasteiger partial charge in [-0.3, -0.25) is 9.78 Å². The first-order valence-electron chi connectivity index (χ1n) is 3.77. The van der Waals surface area contributed by atoms with E-state index in [9.17, 15) is 4.79 Å². The maximum atomic E-state index is 11.2.